The Morgan fingerprint density at radius 3 is 2.77 bits per heavy atom. The van der Waals surface area contributed by atoms with E-state index in [0.29, 0.717) is 17.8 Å². The van der Waals surface area contributed by atoms with Crippen molar-refractivity contribution in [2.75, 3.05) is 13.2 Å². The smallest absolute Gasteiger partial charge is 0.255 e. The Labute approximate surface area is 153 Å². The molecule has 5 nitrogen and oxygen atoms in total. The predicted octanol–water partition coefficient (Wildman–Crippen LogP) is 3.79. The van der Waals surface area contributed by atoms with Crippen molar-refractivity contribution in [1.29, 1.82) is 0 Å². The highest BCUT2D eigenvalue weighted by atomic mass is 19.1. The lowest BCUT2D eigenvalue weighted by atomic mass is 9.78. The van der Waals surface area contributed by atoms with E-state index in [0.717, 1.165) is 25.0 Å². The highest BCUT2D eigenvalue weighted by Crippen LogP contribution is 2.33. The van der Waals surface area contributed by atoms with Gasteiger partial charge < -0.3 is 10.1 Å². The van der Waals surface area contributed by atoms with Gasteiger partial charge in [-0.25, -0.2) is 4.39 Å². The van der Waals surface area contributed by atoms with E-state index < -0.39 is 0 Å². The van der Waals surface area contributed by atoms with Gasteiger partial charge in [-0.05, 0) is 42.5 Å². The van der Waals surface area contributed by atoms with E-state index >= 15 is 0 Å². The van der Waals surface area contributed by atoms with E-state index in [-0.39, 0.29) is 29.2 Å². The third-order valence-electron chi connectivity index (χ3n) is 4.84. The number of aromatic nitrogens is 2. The lowest BCUT2D eigenvalue weighted by molar-refractivity contribution is -0.0839. The maximum atomic E-state index is 13.1. The van der Waals surface area contributed by atoms with Crippen LogP contribution in [-0.4, -0.2) is 35.4 Å². The number of ether oxygens (including phenoxy) is 1. The first-order chi connectivity index (χ1) is 12.4. The molecular formula is C20H26FN3O2. The number of rotatable bonds is 4. The van der Waals surface area contributed by atoms with Gasteiger partial charge in [-0.15, -0.1) is 0 Å². The van der Waals surface area contributed by atoms with Crippen molar-refractivity contribution in [2.45, 2.75) is 39.7 Å². The SMILES string of the molecule is CC(C)(C)[C@H]1OCCC[C@H]1CNC(=O)c1cn[nH]c1-c1ccc(F)cc1. The number of nitrogens with zero attached hydrogens (tertiary/aromatic N) is 1. The van der Waals surface area contributed by atoms with Crippen LogP contribution in [0.2, 0.25) is 0 Å². The van der Waals surface area contributed by atoms with Gasteiger partial charge in [0.05, 0.1) is 23.6 Å². The average Bonchev–Trinajstić information content (AvgIpc) is 3.09. The van der Waals surface area contributed by atoms with Crippen LogP contribution in [-0.2, 0) is 4.74 Å². The molecule has 26 heavy (non-hydrogen) atoms. The van der Waals surface area contributed by atoms with Crippen molar-refractivity contribution in [2.24, 2.45) is 11.3 Å². The number of nitrogens with one attached hydrogen (secondary N) is 2. The van der Waals surface area contributed by atoms with Crippen LogP contribution in [0.1, 0.15) is 44.0 Å². The summed E-state index contributed by atoms with van der Waals surface area (Å²) in [6.07, 6.45) is 3.68. The van der Waals surface area contributed by atoms with Crippen LogP contribution in [0.4, 0.5) is 4.39 Å². The molecule has 0 saturated carbocycles. The number of hydrogen-bond donors (Lipinski definition) is 2. The molecule has 1 aliphatic heterocycles. The molecule has 140 valence electrons. The van der Waals surface area contributed by atoms with Gasteiger partial charge >= 0.3 is 0 Å². The first kappa shape index (κ1) is 18.6. The average molecular weight is 359 g/mol. The Bertz CT molecular complexity index is 749. The first-order valence-electron chi connectivity index (χ1n) is 9.05. The molecule has 0 radical (unpaired) electrons. The van der Waals surface area contributed by atoms with Crippen LogP contribution >= 0.6 is 0 Å². The van der Waals surface area contributed by atoms with E-state index in [1.54, 1.807) is 12.1 Å². The molecule has 1 aromatic heterocycles. The lowest BCUT2D eigenvalue weighted by Gasteiger charge is -2.40. The molecule has 2 atom stereocenters. The van der Waals surface area contributed by atoms with Crippen LogP contribution in [0, 0.1) is 17.2 Å². The molecule has 2 N–H and O–H groups in total. The Hall–Kier alpha value is -2.21. The standard InChI is InChI=1S/C20H26FN3O2/c1-20(2,3)18-14(5-4-10-26-18)11-22-19(25)16-12-23-24-17(16)13-6-8-15(21)9-7-13/h6-9,12,14,18H,4-5,10-11H2,1-3H3,(H,22,25)(H,23,24)/t14-,18-/m0/s1. The van der Waals surface area contributed by atoms with Crippen molar-refractivity contribution in [3.8, 4) is 11.3 Å². The molecule has 6 heteroatoms. The molecule has 1 aromatic carbocycles. The summed E-state index contributed by atoms with van der Waals surface area (Å²) in [6, 6.07) is 5.99. The maximum absolute atomic E-state index is 13.1. The van der Waals surface area contributed by atoms with Gasteiger partial charge in [0.25, 0.3) is 5.91 Å². The molecule has 1 aliphatic rings. The largest absolute Gasteiger partial charge is 0.377 e. The van der Waals surface area contributed by atoms with Crippen LogP contribution in [0.5, 0.6) is 0 Å². The second kappa shape index (κ2) is 7.58. The van der Waals surface area contributed by atoms with E-state index in [1.165, 1.54) is 18.3 Å². The maximum Gasteiger partial charge on any atom is 0.255 e. The van der Waals surface area contributed by atoms with E-state index in [2.05, 4.69) is 36.3 Å². The molecule has 1 saturated heterocycles. The number of halogens is 1. The predicted molar refractivity (Wildman–Crippen MR) is 98.2 cm³/mol. The molecule has 0 unspecified atom stereocenters. The van der Waals surface area contributed by atoms with Crippen molar-refractivity contribution in [3.63, 3.8) is 0 Å². The lowest BCUT2D eigenvalue weighted by Crippen LogP contribution is -2.45. The van der Waals surface area contributed by atoms with Crippen LogP contribution < -0.4 is 5.32 Å². The van der Waals surface area contributed by atoms with Crippen molar-refractivity contribution in [1.82, 2.24) is 15.5 Å². The second-order valence-corrected chi connectivity index (χ2v) is 7.94. The number of benzene rings is 1. The fourth-order valence-corrected chi connectivity index (χ4v) is 3.62. The molecule has 1 amide bonds. The van der Waals surface area contributed by atoms with Gasteiger partial charge in [-0.2, -0.15) is 5.10 Å². The number of amides is 1. The zero-order valence-corrected chi connectivity index (χ0v) is 15.5. The topological polar surface area (TPSA) is 67.0 Å². The number of carbonyl (C=O) groups excluding carboxylic acids is 1. The van der Waals surface area contributed by atoms with Gasteiger partial charge in [0.1, 0.15) is 5.82 Å². The van der Waals surface area contributed by atoms with Crippen molar-refractivity contribution < 1.29 is 13.9 Å². The molecule has 0 bridgehead atoms. The Morgan fingerprint density at radius 2 is 2.08 bits per heavy atom. The Morgan fingerprint density at radius 1 is 1.35 bits per heavy atom. The number of aromatic amines is 1. The summed E-state index contributed by atoms with van der Waals surface area (Å²) >= 11 is 0. The monoisotopic (exact) mass is 359 g/mol. The van der Waals surface area contributed by atoms with E-state index in [1.807, 2.05) is 0 Å². The third-order valence-corrected chi connectivity index (χ3v) is 4.84. The van der Waals surface area contributed by atoms with Gasteiger partial charge in [0.15, 0.2) is 0 Å². The zero-order chi connectivity index (χ0) is 18.7. The molecule has 2 aromatic rings. The normalized spacial score (nSPS) is 20.8. The summed E-state index contributed by atoms with van der Waals surface area (Å²) in [5, 5.41) is 9.85. The minimum atomic E-state index is -0.315. The third kappa shape index (κ3) is 4.12. The van der Waals surface area contributed by atoms with Crippen molar-refractivity contribution in [3.05, 3.63) is 41.8 Å². The van der Waals surface area contributed by atoms with Gasteiger partial charge in [-0.1, -0.05) is 20.8 Å². The quantitative estimate of drug-likeness (QED) is 0.873. The van der Waals surface area contributed by atoms with Crippen molar-refractivity contribution >= 4 is 5.91 Å². The molecule has 3 rings (SSSR count). The Balaban J connectivity index is 1.69. The number of carbonyl (C=O) groups is 1. The summed E-state index contributed by atoms with van der Waals surface area (Å²) < 4.78 is 19.1. The summed E-state index contributed by atoms with van der Waals surface area (Å²) in [6.45, 7) is 7.85. The molecular weight excluding hydrogens is 333 g/mol. The van der Waals surface area contributed by atoms with Crippen LogP contribution in [0.3, 0.4) is 0 Å². The minimum absolute atomic E-state index is 0.0325. The fourth-order valence-electron chi connectivity index (χ4n) is 3.62. The van der Waals surface area contributed by atoms with Crippen LogP contribution in [0.15, 0.2) is 30.5 Å². The highest BCUT2D eigenvalue weighted by Gasteiger charge is 2.35. The second-order valence-electron chi connectivity index (χ2n) is 7.94. The highest BCUT2D eigenvalue weighted by molar-refractivity contribution is 5.99. The minimum Gasteiger partial charge on any atom is -0.377 e. The number of H-pyrrole nitrogens is 1. The summed E-state index contributed by atoms with van der Waals surface area (Å²) in [7, 11) is 0. The molecule has 0 aliphatic carbocycles. The summed E-state index contributed by atoms with van der Waals surface area (Å²) in [4.78, 5) is 12.7. The van der Waals surface area contributed by atoms with E-state index in [9.17, 15) is 9.18 Å². The zero-order valence-electron chi connectivity index (χ0n) is 15.5. The van der Waals surface area contributed by atoms with Gasteiger partial charge in [0.2, 0.25) is 0 Å². The molecule has 1 fully saturated rings. The molecule has 0 spiro atoms. The van der Waals surface area contributed by atoms with Crippen LogP contribution in [0.25, 0.3) is 11.3 Å². The summed E-state index contributed by atoms with van der Waals surface area (Å²) in [5.74, 6) is -0.213. The fraction of sp³-hybridized carbons (Fsp3) is 0.500. The van der Waals surface area contributed by atoms with Gasteiger partial charge in [-0.3, -0.25) is 9.89 Å². The molecule has 2 heterocycles. The summed E-state index contributed by atoms with van der Waals surface area (Å²) in [5.41, 5.74) is 1.81. The Kier molecular flexibility index (Phi) is 5.41. The number of hydrogen-bond acceptors (Lipinski definition) is 3. The van der Waals surface area contributed by atoms with Gasteiger partial charge in [0, 0.05) is 24.6 Å². The van der Waals surface area contributed by atoms with E-state index in [4.69, 9.17) is 4.74 Å². The first-order valence-corrected chi connectivity index (χ1v) is 9.05.